The molecule has 0 spiro atoms. The number of hydrogen-bond acceptors (Lipinski definition) is 2. The molecule has 0 fully saturated rings. The maximum Gasteiger partial charge on any atom is 0.198 e. The molecule has 0 amide bonds. The molecule has 0 bridgehead atoms. The quantitative estimate of drug-likeness (QED) is 0.175. The van der Waals surface area contributed by atoms with E-state index < -0.39 is 0 Å². The van der Waals surface area contributed by atoms with Gasteiger partial charge in [0.1, 0.15) is 0 Å². The summed E-state index contributed by atoms with van der Waals surface area (Å²) in [5.74, 6) is 0. The average Bonchev–Trinajstić information content (AvgIpc) is 4.00. The predicted molar refractivity (Wildman–Crippen MR) is 304 cm³/mol. The summed E-state index contributed by atoms with van der Waals surface area (Å²) >= 11 is 1.94. The van der Waals surface area contributed by atoms with Gasteiger partial charge in [-0.25, -0.2) is 0 Å². The van der Waals surface area contributed by atoms with E-state index >= 15 is 0 Å². The average molecular weight is 925 g/mol. The summed E-state index contributed by atoms with van der Waals surface area (Å²) in [7, 11) is 0.842. The first-order chi connectivity index (χ1) is 33.3. The van der Waals surface area contributed by atoms with Crippen LogP contribution in [0.4, 0.5) is 11.4 Å². The van der Waals surface area contributed by atoms with Crippen molar-refractivity contribution in [2.45, 2.75) is 116 Å². The van der Waals surface area contributed by atoms with Crippen LogP contribution in [0.5, 0.6) is 0 Å². The molecular formula is C66H61BN2S. The first-order valence-electron chi connectivity index (χ1n) is 25.8. The lowest BCUT2D eigenvalue weighted by molar-refractivity contribution is 0.332. The molecule has 14 rings (SSSR count). The summed E-state index contributed by atoms with van der Waals surface area (Å²) in [5, 5.41) is 9.68. The second-order valence-electron chi connectivity index (χ2n) is 24.8. The van der Waals surface area contributed by atoms with Crippen LogP contribution in [0.2, 0.25) is 0 Å². The molecule has 0 saturated heterocycles. The van der Waals surface area contributed by atoms with Crippen LogP contribution in [0.15, 0.2) is 133 Å². The van der Waals surface area contributed by atoms with E-state index in [9.17, 15) is 0 Å². The van der Waals surface area contributed by atoms with Gasteiger partial charge < -0.3 is 9.88 Å². The number of rotatable bonds is 3. The first kappa shape index (κ1) is 42.5. The number of benzene rings is 8. The van der Waals surface area contributed by atoms with Crippen LogP contribution < -0.4 is 16.2 Å². The van der Waals surface area contributed by atoms with Crippen molar-refractivity contribution in [3.05, 3.63) is 172 Å². The van der Waals surface area contributed by atoms with Crippen molar-refractivity contribution in [2.24, 2.45) is 0 Å². The highest BCUT2D eigenvalue weighted by molar-refractivity contribution is 7.25. The highest BCUT2D eigenvalue weighted by atomic mass is 32.1. The number of fused-ring (bicyclic) bond motifs is 16. The van der Waals surface area contributed by atoms with Crippen LogP contribution in [0.3, 0.4) is 0 Å². The van der Waals surface area contributed by atoms with Gasteiger partial charge in [0, 0.05) is 64.5 Å². The lowest BCUT2D eigenvalue weighted by atomic mass is 9.57. The molecule has 10 aromatic rings. The van der Waals surface area contributed by atoms with Crippen LogP contribution >= 0.6 is 11.3 Å². The SMILES string of the molecule is CC(C)(C)c1ccc(Nc2cc3c(cc2-c2c4c(c5c6cc7c(cc6n6c5c2Bc2cc5c(cc2-6)sc2ccccc25)C(C)(C)CCC7(C)C)-c2ccccc2C4(C)C)C(C)(C)c2ccccc2-3)cc1. The minimum atomic E-state index is -0.285. The van der Waals surface area contributed by atoms with Crippen LogP contribution in [-0.4, -0.2) is 11.8 Å². The van der Waals surface area contributed by atoms with E-state index in [0.717, 1.165) is 18.7 Å². The molecule has 3 heterocycles. The Morgan fingerprint density at radius 3 is 1.93 bits per heavy atom. The van der Waals surface area contributed by atoms with E-state index in [0.29, 0.717) is 0 Å². The number of anilines is 2. The zero-order chi connectivity index (χ0) is 48.2. The Bertz CT molecular complexity index is 3970. The van der Waals surface area contributed by atoms with E-state index in [1.807, 2.05) is 11.3 Å². The fourth-order valence-corrected chi connectivity index (χ4v) is 15.1. The predicted octanol–water partition coefficient (Wildman–Crippen LogP) is 16.5. The summed E-state index contributed by atoms with van der Waals surface area (Å²) < 4.78 is 5.46. The third kappa shape index (κ3) is 5.58. The molecule has 0 saturated carbocycles. The van der Waals surface area contributed by atoms with E-state index in [-0.39, 0.29) is 27.1 Å². The van der Waals surface area contributed by atoms with Gasteiger partial charge in [-0.2, -0.15) is 0 Å². The Balaban J connectivity index is 1.17. The molecule has 70 heavy (non-hydrogen) atoms. The van der Waals surface area contributed by atoms with Crippen molar-refractivity contribution in [3.8, 4) is 39.1 Å². The summed E-state index contributed by atoms with van der Waals surface area (Å²) in [5.41, 5.74) is 27.0. The van der Waals surface area contributed by atoms with Gasteiger partial charge in [0.05, 0.1) is 5.52 Å². The smallest absolute Gasteiger partial charge is 0.198 e. The molecule has 3 aliphatic carbocycles. The minimum absolute atomic E-state index is 0.0617. The second-order valence-corrected chi connectivity index (χ2v) is 25.9. The summed E-state index contributed by atoms with van der Waals surface area (Å²) in [4.78, 5) is 0. The molecule has 0 unspecified atom stereocenters. The van der Waals surface area contributed by atoms with Gasteiger partial charge in [0.15, 0.2) is 7.28 Å². The largest absolute Gasteiger partial charge is 0.355 e. The van der Waals surface area contributed by atoms with Gasteiger partial charge in [-0.15, -0.1) is 11.3 Å². The Morgan fingerprint density at radius 2 is 1.20 bits per heavy atom. The third-order valence-electron chi connectivity index (χ3n) is 18.0. The van der Waals surface area contributed by atoms with Gasteiger partial charge in [-0.3, -0.25) is 0 Å². The van der Waals surface area contributed by atoms with Crippen molar-refractivity contribution in [2.75, 3.05) is 5.32 Å². The molecule has 4 heteroatoms. The molecule has 8 aromatic carbocycles. The van der Waals surface area contributed by atoms with Gasteiger partial charge in [-0.1, -0.05) is 167 Å². The lowest BCUT2D eigenvalue weighted by Gasteiger charge is -2.42. The summed E-state index contributed by atoms with van der Waals surface area (Å²) in [6.45, 7) is 26.7. The second kappa shape index (κ2) is 13.7. The molecule has 2 nitrogen and oxygen atoms in total. The van der Waals surface area contributed by atoms with Crippen molar-refractivity contribution in [3.63, 3.8) is 0 Å². The van der Waals surface area contributed by atoms with E-state index in [2.05, 4.69) is 220 Å². The molecule has 2 aromatic heterocycles. The Hall–Kier alpha value is -6.36. The molecule has 4 aliphatic rings. The topological polar surface area (TPSA) is 17.0 Å². The van der Waals surface area contributed by atoms with Crippen molar-refractivity contribution < 1.29 is 0 Å². The van der Waals surface area contributed by atoms with Crippen LogP contribution in [0.25, 0.3) is 81.0 Å². The van der Waals surface area contributed by atoms with Gasteiger partial charge in [0.2, 0.25) is 0 Å². The highest BCUT2D eigenvalue weighted by Crippen LogP contribution is 2.60. The van der Waals surface area contributed by atoms with Crippen molar-refractivity contribution >= 4 is 82.9 Å². The third-order valence-corrected chi connectivity index (χ3v) is 19.1. The first-order valence-corrected chi connectivity index (χ1v) is 26.6. The number of nitrogens with zero attached hydrogens (tertiary/aromatic N) is 1. The number of hydrogen-bond donors (Lipinski definition) is 1. The monoisotopic (exact) mass is 924 g/mol. The Morgan fingerprint density at radius 1 is 0.543 bits per heavy atom. The lowest BCUT2D eigenvalue weighted by Crippen LogP contribution is -2.38. The van der Waals surface area contributed by atoms with E-state index in [4.69, 9.17) is 0 Å². The maximum atomic E-state index is 4.15. The number of thiophene rings is 1. The molecule has 0 atom stereocenters. The Labute approximate surface area is 418 Å². The van der Waals surface area contributed by atoms with Gasteiger partial charge in [0.25, 0.3) is 0 Å². The van der Waals surface area contributed by atoms with Crippen molar-refractivity contribution in [1.82, 2.24) is 4.57 Å². The summed E-state index contributed by atoms with van der Waals surface area (Å²) in [6.07, 6.45) is 2.36. The molecule has 1 aliphatic heterocycles. The van der Waals surface area contributed by atoms with Gasteiger partial charge >= 0.3 is 0 Å². The molecule has 0 radical (unpaired) electrons. The van der Waals surface area contributed by atoms with Crippen molar-refractivity contribution in [1.29, 1.82) is 0 Å². The number of nitrogens with one attached hydrogen (secondary N) is 1. The fourth-order valence-electron chi connectivity index (χ4n) is 14.0. The minimum Gasteiger partial charge on any atom is -0.355 e. The zero-order valence-corrected chi connectivity index (χ0v) is 43.5. The number of aromatic nitrogens is 1. The van der Waals surface area contributed by atoms with E-state index in [1.165, 1.54) is 144 Å². The molecular weight excluding hydrogens is 864 g/mol. The Kier molecular flexibility index (Phi) is 8.34. The van der Waals surface area contributed by atoms with Crippen LogP contribution in [-0.2, 0) is 27.1 Å². The normalized spacial score (nSPS) is 17.2. The fraction of sp³-hybridized carbons (Fsp3) is 0.273. The summed E-state index contributed by atoms with van der Waals surface area (Å²) in [6, 6.07) is 52.4. The van der Waals surface area contributed by atoms with Crippen LogP contribution in [0, 0.1) is 0 Å². The zero-order valence-electron chi connectivity index (χ0n) is 42.7. The standard InChI is InChI=1S/C66H61BN2S/c1-62(2,3)36-24-26-37(27-25-36)68-51-33-41-38-18-12-15-21-45(38)65(8,9)47(41)30-43(51)58-59-56(40-20-13-16-22-46(40)66(59,10)11)57-44-31-48-49(64(6,7)29-28-63(48,4)5)34-52(44)69-53-35-55-42(32-50(53)67-60(58)61(57)69)39-19-14-17-23-54(39)70-55/h12-27,30-35,67-68H,28-29H2,1-11H3. The molecule has 344 valence electrons. The highest BCUT2D eigenvalue weighted by Gasteiger charge is 2.45. The van der Waals surface area contributed by atoms with Gasteiger partial charge in [-0.05, 0) is 155 Å². The maximum absolute atomic E-state index is 4.15. The molecule has 1 N–H and O–H groups in total. The van der Waals surface area contributed by atoms with Crippen LogP contribution in [0.1, 0.15) is 128 Å². The van der Waals surface area contributed by atoms with E-state index in [1.54, 1.807) is 0 Å².